The Balaban J connectivity index is 1.05. The smallest absolute Gasteiger partial charge is 0.338 e. The van der Waals surface area contributed by atoms with Crippen LogP contribution in [-0.4, -0.2) is 22.7 Å². The lowest BCUT2D eigenvalue weighted by Gasteiger charge is -2.19. The third-order valence-corrected chi connectivity index (χ3v) is 7.82. The largest absolute Gasteiger partial charge is 0.457 e. The van der Waals surface area contributed by atoms with Crippen molar-refractivity contribution in [3.8, 4) is 11.5 Å². The summed E-state index contributed by atoms with van der Waals surface area (Å²) in [6.07, 6.45) is 3.02. The Labute approximate surface area is 223 Å². The van der Waals surface area contributed by atoms with Gasteiger partial charge in [-0.05, 0) is 79.3 Å². The van der Waals surface area contributed by atoms with E-state index in [0.29, 0.717) is 22.7 Å². The van der Waals surface area contributed by atoms with Crippen LogP contribution in [0.15, 0.2) is 84.4 Å². The molecule has 6 rings (SSSR count). The predicted octanol–water partition coefficient (Wildman–Crippen LogP) is 5.45. The predicted molar refractivity (Wildman–Crippen MR) is 140 cm³/mol. The van der Waals surface area contributed by atoms with Gasteiger partial charge in [0.15, 0.2) is 0 Å². The van der Waals surface area contributed by atoms with E-state index in [1.807, 2.05) is 6.92 Å². The van der Waals surface area contributed by atoms with Crippen LogP contribution in [0.5, 0.6) is 11.5 Å². The van der Waals surface area contributed by atoms with Gasteiger partial charge in [-0.2, -0.15) is 0 Å². The van der Waals surface area contributed by atoms with Crippen LogP contribution in [0.2, 0.25) is 0 Å². The third kappa shape index (κ3) is 4.35. The maximum atomic E-state index is 13.1. The Bertz CT molecular complexity index is 1510. The zero-order valence-electron chi connectivity index (χ0n) is 21.0. The Kier molecular flexibility index (Phi) is 5.98. The molecule has 3 aromatic carbocycles. The van der Waals surface area contributed by atoms with Gasteiger partial charge in [0.2, 0.25) is 11.8 Å². The van der Waals surface area contributed by atoms with Crippen LogP contribution in [0.25, 0.3) is 0 Å². The van der Waals surface area contributed by atoms with E-state index in [1.165, 1.54) is 34.7 Å². The Morgan fingerprint density at radius 1 is 0.923 bits per heavy atom. The molecule has 9 heteroatoms. The molecule has 0 unspecified atom stereocenters. The number of amides is 2. The van der Waals surface area contributed by atoms with Crippen molar-refractivity contribution < 1.29 is 28.8 Å². The number of carbonyl (C=O) groups excluding carboxylic acids is 3. The van der Waals surface area contributed by atoms with Crippen LogP contribution in [-0.2, 0) is 20.9 Å². The minimum atomic E-state index is -0.526. The van der Waals surface area contributed by atoms with E-state index >= 15 is 0 Å². The van der Waals surface area contributed by atoms with Crippen molar-refractivity contribution in [2.24, 2.45) is 23.7 Å². The molecule has 2 fully saturated rings. The molecule has 2 amide bonds. The summed E-state index contributed by atoms with van der Waals surface area (Å²) in [4.78, 5) is 50.4. The minimum Gasteiger partial charge on any atom is -0.457 e. The highest BCUT2D eigenvalue weighted by Gasteiger charge is 2.60. The minimum absolute atomic E-state index is 0.0196. The van der Waals surface area contributed by atoms with Gasteiger partial charge in [0, 0.05) is 12.1 Å². The molecule has 2 bridgehead atoms. The van der Waals surface area contributed by atoms with E-state index in [2.05, 4.69) is 6.08 Å². The molecule has 3 aromatic rings. The van der Waals surface area contributed by atoms with Crippen molar-refractivity contribution in [3.63, 3.8) is 0 Å². The summed E-state index contributed by atoms with van der Waals surface area (Å²) in [6.45, 7) is 2.08. The average Bonchev–Trinajstić information content (AvgIpc) is 3.58. The Hall–Kier alpha value is -4.79. The van der Waals surface area contributed by atoms with Gasteiger partial charge < -0.3 is 9.47 Å². The van der Waals surface area contributed by atoms with Crippen molar-refractivity contribution in [2.75, 3.05) is 4.90 Å². The summed E-state index contributed by atoms with van der Waals surface area (Å²) < 4.78 is 11.1. The molecule has 3 aliphatic rings. The summed E-state index contributed by atoms with van der Waals surface area (Å²) in [5, 5.41) is 10.8. The number of rotatable bonds is 7. The fourth-order valence-corrected chi connectivity index (χ4v) is 5.93. The second-order valence-corrected chi connectivity index (χ2v) is 10.1. The van der Waals surface area contributed by atoms with Crippen molar-refractivity contribution in [2.45, 2.75) is 20.0 Å². The first-order valence-corrected chi connectivity index (χ1v) is 12.6. The molecule has 1 aliphatic heterocycles. The van der Waals surface area contributed by atoms with E-state index in [0.717, 1.165) is 12.0 Å². The molecule has 0 radical (unpaired) electrons. The van der Waals surface area contributed by atoms with Gasteiger partial charge in [-0.3, -0.25) is 24.6 Å². The number of anilines is 1. The Morgan fingerprint density at radius 2 is 1.54 bits per heavy atom. The topological polar surface area (TPSA) is 116 Å². The molecule has 0 spiro atoms. The molecule has 39 heavy (non-hydrogen) atoms. The Morgan fingerprint density at radius 3 is 2.18 bits per heavy atom. The van der Waals surface area contributed by atoms with Crippen LogP contribution >= 0.6 is 0 Å². The fourth-order valence-electron chi connectivity index (χ4n) is 5.93. The molecule has 0 N–H and O–H groups in total. The molecule has 4 atom stereocenters. The van der Waals surface area contributed by atoms with Crippen LogP contribution in [0.4, 0.5) is 11.4 Å². The van der Waals surface area contributed by atoms with E-state index in [-0.39, 0.29) is 47.8 Å². The number of nitro benzene ring substituents is 1. The molecule has 1 heterocycles. The number of allylic oxidation sites excluding steroid dienone is 2. The van der Waals surface area contributed by atoms with Crippen LogP contribution in [0.1, 0.15) is 29.3 Å². The normalized spacial score (nSPS) is 23.0. The van der Waals surface area contributed by atoms with Gasteiger partial charge in [0.1, 0.15) is 18.1 Å². The number of esters is 1. The monoisotopic (exact) mass is 524 g/mol. The highest BCUT2D eigenvalue weighted by Crippen LogP contribution is 2.55. The second kappa shape index (κ2) is 9.50. The zero-order valence-corrected chi connectivity index (χ0v) is 21.0. The van der Waals surface area contributed by atoms with Crippen molar-refractivity contribution in [1.29, 1.82) is 0 Å². The van der Waals surface area contributed by atoms with Gasteiger partial charge in [0.05, 0.1) is 28.0 Å². The van der Waals surface area contributed by atoms with Crippen LogP contribution in [0.3, 0.4) is 0 Å². The highest BCUT2D eigenvalue weighted by molar-refractivity contribution is 6.23. The number of fused-ring (bicyclic) bond motifs is 5. The molecule has 196 valence electrons. The molecular formula is C30H24N2O7. The summed E-state index contributed by atoms with van der Waals surface area (Å²) in [5.74, 6) is -0.103. The molecule has 9 nitrogen and oxygen atoms in total. The average molecular weight is 525 g/mol. The second-order valence-electron chi connectivity index (χ2n) is 10.1. The number of benzene rings is 3. The van der Waals surface area contributed by atoms with E-state index < -0.39 is 10.9 Å². The van der Waals surface area contributed by atoms with Crippen LogP contribution < -0.4 is 9.64 Å². The van der Waals surface area contributed by atoms with Gasteiger partial charge in [-0.1, -0.05) is 23.8 Å². The van der Waals surface area contributed by atoms with Crippen molar-refractivity contribution in [3.05, 3.63) is 106 Å². The highest BCUT2D eigenvalue weighted by atomic mass is 16.6. The molecule has 1 saturated carbocycles. The lowest BCUT2D eigenvalue weighted by atomic mass is 9.82. The van der Waals surface area contributed by atoms with Gasteiger partial charge >= 0.3 is 5.97 Å². The SMILES string of the molecule is CC1=C[C@@H]2C[C@@H]1[C@H]1C(=O)N(c3ccc(C(=O)OCc4ccc(Oc5ccc([N+](=O)[O-])cc5)cc4)cc3)C(=O)[C@@H]12. The molecular weight excluding hydrogens is 500 g/mol. The first-order chi connectivity index (χ1) is 18.8. The van der Waals surface area contributed by atoms with Crippen LogP contribution in [0, 0.1) is 33.8 Å². The summed E-state index contributed by atoms with van der Waals surface area (Å²) in [7, 11) is 0. The molecule has 2 aliphatic carbocycles. The molecule has 1 saturated heterocycles. The number of nitro groups is 1. The fraction of sp³-hybridized carbons (Fsp3) is 0.233. The molecule has 0 aromatic heterocycles. The first-order valence-electron chi connectivity index (χ1n) is 12.6. The quantitative estimate of drug-likeness (QED) is 0.133. The van der Waals surface area contributed by atoms with Gasteiger partial charge in [0.25, 0.3) is 5.69 Å². The van der Waals surface area contributed by atoms with Crippen molar-refractivity contribution >= 4 is 29.2 Å². The summed E-state index contributed by atoms with van der Waals surface area (Å²) in [6, 6.07) is 19.0. The third-order valence-electron chi connectivity index (χ3n) is 7.82. The van der Waals surface area contributed by atoms with Gasteiger partial charge in [-0.25, -0.2) is 4.79 Å². The summed E-state index contributed by atoms with van der Waals surface area (Å²) >= 11 is 0. The van der Waals surface area contributed by atoms with E-state index in [4.69, 9.17) is 9.47 Å². The summed E-state index contributed by atoms with van der Waals surface area (Å²) in [5.41, 5.74) is 2.71. The van der Waals surface area contributed by atoms with E-state index in [9.17, 15) is 24.5 Å². The number of ether oxygens (including phenoxy) is 2. The van der Waals surface area contributed by atoms with Gasteiger partial charge in [-0.15, -0.1) is 0 Å². The number of hydrogen-bond donors (Lipinski definition) is 0. The standard InChI is InChI=1S/C30H24N2O7/c1-17-14-20-15-25(17)27-26(20)28(33)31(29(27)34)21-6-4-19(5-7-21)30(35)38-16-18-2-10-23(11-3-18)39-24-12-8-22(9-13-24)32(36)37/h2-14,20,25-27H,15-16H2,1H3/t20-,25+,26-,27-/m1/s1. The number of carbonyl (C=O) groups is 3. The zero-order chi connectivity index (χ0) is 27.3. The van der Waals surface area contributed by atoms with Crippen molar-refractivity contribution in [1.82, 2.24) is 0 Å². The van der Waals surface area contributed by atoms with E-state index in [1.54, 1.807) is 48.5 Å². The lowest BCUT2D eigenvalue weighted by molar-refractivity contribution is -0.384. The number of hydrogen-bond acceptors (Lipinski definition) is 7. The maximum Gasteiger partial charge on any atom is 0.338 e. The number of nitrogens with zero attached hydrogens (tertiary/aromatic N) is 2. The lowest BCUT2D eigenvalue weighted by Crippen LogP contribution is -2.32. The number of non-ortho nitro benzene ring substituents is 1. The maximum absolute atomic E-state index is 13.1. The number of imide groups is 1. The first kappa shape index (κ1) is 24.5.